The first-order valence-electron chi connectivity index (χ1n) is 7.58. The van der Waals surface area contributed by atoms with Crippen molar-refractivity contribution in [2.45, 2.75) is 0 Å². The number of benzene rings is 1. The summed E-state index contributed by atoms with van der Waals surface area (Å²) in [4.78, 5) is 32.9. The molecule has 0 saturated heterocycles. The van der Waals surface area contributed by atoms with Gasteiger partial charge in [-0.1, -0.05) is 0 Å². The molecule has 0 radical (unpaired) electrons. The zero-order valence-corrected chi connectivity index (χ0v) is 15.5. The summed E-state index contributed by atoms with van der Waals surface area (Å²) >= 11 is 3.26. The van der Waals surface area contributed by atoms with Gasteiger partial charge in [-0.15, -0.1) is 0 Å². The summed E-state index contributed by atoms with van der Waals surface area (Å²) in [6.07, 6.45) is 2.68. The zero-order chi connectivity index (χ0) is 20.1. The lowest BCUT2D eigenvalue weighted by molar-refractivity contribution is -0.384. The number of hydrazine groups is 1. The van der Waals surface area contributed by atoms with E-state index in [-0.39, 0.29) is 17.3 Å². The predicted molar refractivity (Wildman–Crippen MR) is 104 cm³/mol. The summed E-state index contributed by atoms with van der Waals surface area (Å²) in [6, 6.07) is 8.83. The van der Waals surface area contributed by atoms with Crippen molar-refractivity contribution in [2.24, 2.45) is 0 Å². The van der Waals surface area contributed by atoms with Crippen LogP contribution in [0.15, 0.2) is 53.4 Å². The lowest BCUT2D eigenvalue weighted by atomic mass is 10.3. The second kappa shape index (κ2) is 8.22. The van der Waals surface area contributed by atoms with Crippen molar-refractivity contribution in [2.75, 3.05) is 16.2 Å². The molecule has 0 aliphatic heterocycles. The molecule has 28 heavy (non-hydrogen) atoms. The highest BCUT2D eigenvalue weighted by Gasteiger charge is 2.23. The lowest BCUT2D eigenvalue weighted by Gasteiger charge is -2.11. The maximum Gasteiger partial charge on any atom is 0.355 e. The van der Waals surface area contributed by atoms with Crippen LogP contribution in [0.2, 0.25) is 0 Å². The van der Waals surface area contributed by atoms with Crippen LogP contribution in [0.1, 0.15) is 0 Å². The summed E-state index contributed by atoms with van der Waals surface area (Å²) < 4.78 is 0.755. The van der Waals surface area contributed by atoms with Gasteiger partial charge in [-0.05, 0) is 40.2 Å². The maximum absolute atomic E-state index is 11.5. The minimum absolute atomic E-state index is 0.0529. The van der Waals surface area contributed by atoms with Crippen molar-refractivity contribution < 1.29 is 9.85 Å². The first-order chi connectivity index (χ1) is 13.4. The molecule has 0 atom stereocenters. The predicted octanol–water partition coefficient (Wildman–Crippen LogP) is 3.63. The molecule has 0 aliphatic carbocycles. The molecule has 3 N–H and O–H groups in total. The Kier molecular flexibility index (Phi) is 5.55. The number of nitro groups is 2. The van der Waals surface area contributed by atoms with Gasteiger partial charge in [0, 0.05) is 22.8 Å². The van der Waals surface area contributed by atoms with E-state index in [9.17, 15) is 20.2 Å². The van der Waals surface area contributed by atoms with Crippen LogP contribution in [0.4, 0.5) is 34.5 Å². The molecule has 13 heteroatoms. The van der Waals surface area contributed by atoms with Crippen molar-refractivity contribution in [3.8, 4) is 0 Å². The van der Waals surface area contributed by atoms with E-state index in [2.05, 4.69) is 47.1 Å². The van der Waals surface area contributed by atoms with Gasteiger partial charge in [0.05, 0.1) is 15.5 Å². The molecule has 12 nitrogen and oxygen atoms in total. The zero-order valence-electron chi connectivity index (χ0n) is 13.9. The number of nitrogens with zero attached hydrogens (tertiary/aromatic N) is 5. The minimum atomic E-state index is -0.638. The van der Waals surface area contributed by atoms with Crippen molar-refractivity contribution >= 4 is 50.4 Å². The van der Waals surface area contributed by atoms with Crippen LogP contribution in [0.5, 0.6) is 0 Å². The fourth-order valence-corrected chi connectivity index (χ4v) is 2.34. The Labute approximate surface area is 165 Å². The van der Waals surface area contributed by atoms with Gasteiger partial charge in [-0.2, -0.15) is 0 Å². The maximum atomic E-state index is 11.5. The van der Waals surface area contributed by atoms with Crippen LogP contribution in [-0.2, 0) is 0 Å². The number of anilines is 4. The summed E-state index contributed by atoms with van der Waals surface area (Å²) in [5, 5.41) is 25.0. The number of hydrogen-bond donors (Lipinski definition) is 3. The Hall–Kier alpha value is -3.87. The van der Waals surface area contributed by atoms with Gasteiger partial charge >= 0.3 is 5.69 Å². The van der Waals surface area contributed by atoms with Gasteiger partial charge in [0.1, 0.15) is 12.1 Å². The molecular weight excluding hydrogens is 436 g/mol. The first-order valence-corrected chi connectivity index (χ1v) is 8.38. The lowest BCUT2D eigenvalue weighted by Crippen LogP contribution is -2.13. The number of hydrogen-bond acceptors (Lipinski definition) is 10. The largest absolute Gasteiger partial charge is 0.355 e. The SMILES string of the molecule is O=[N+]([O-])c1ccc(NNc2ncnc(Nc3ccc(Br)cn3)c2[N+](=O)[O-])cc1. The van der Waals surface area contributed by atoms with Gasteiger partial charge in [0.15, 0.2) is 0 Å². The molecule has 3 aromatic rings. The van der Waals surface area contributed by atoms with Crippen LogP contribution >= 0.6 is 15.9 Å². The summed E-state index contributed by atoms with van der Waals surface area (Å²) in [6.45, 7) is 0. The third kappa shape index (κ3) is 4.45. The topological polar surface area (TPSA) is 161 Å². The van der Waals surface area contributed by atoms with Crippen molar-refractivity contribution in [3.63, 3.8) is 0 Å². The van der Waals surface area contributed by atoms with Crippen LogP contribution in [0.3, 0.4) is 0 Å². The Morgan fingerprint density at radius 3 is 2.18 bits per heavy atom. The highest BCUT2D eigenvalue weighted by atomic mass is 79.9. The number of nitro benzene ring substituents is 1. The van der Waals surface area contributed by atoms with E-state index in [0.29, 0.717) is 11.5 Å². The number of non-ortho nitro benzene ring substituents is 1. The van der Waals surface area contributed by atoms with Gasteiger partial charge < -0.3 is 5.32 Å². The highest BCUT2D eigenvalue weighted by molar-refractivity contribution is 9.10. The molecule has 0 unspecified atom stereocenters. The fraction of sp³-hybridized carbons (Fsp3) is 0. The third-order valence-corrected chi connectivity index (χ3v) is 3.85. The van der Waals surface area contributed by atoms with Gasteiger partial charge in [-0.25, -0.2) is 15.0 Å². The molecule has 0 saturated carbocycles. The molecular formula is C15H11BrN8O4. The summed E-state index contributed by atoms with van der Waals surface area (Å²) in [5.41, 5.74) is 5.29. The molecule has 3 rings (SSSR count). The molecule has 0 fully saturated rings. The average molecular weight is 447 g/mol. The second-order valence-corrected chi connectivity index (χ2v) is 6.13. The van der Waals surface area contributed by atoms with Crippen molar-refractivity contribution in [1.82, 2.24) is 15.0 Å². The molecule has 1 aromatic carbocycles. The number of rotatable bonds is 7. The van der Waals surface area contributed by atoms with E-state index in [4.69, 9.17) is 0 Å². The molecule has 0 bridgehead atoms. The van der Waals surface area contributed by atoms with Crippen molar-refractivity contribution in [1.29, 1.82) is 0 Å². The van der Waals surface area contributed by atoms with Gasteiger partial charge in [-0.3, -0.25) is 31.1 Å². The number of nitrogens with one attached hydrogen (secondary N) is 3. The van der Waals surface area contributed by atoms with E-state index in [1.54, 1.807) is 12.1 Å². The van der Waals surface area contributed by atoms with E-state index in [1.807, 2.05) is 0 Å². The van der Waals surface area contributed by atoms with Crippen LogP contribution < -0.4 is 16.2 Å². The number of halogens is 1. The Balaban J connectivity index is 1.81. The smallest absolute Gasteiger partial charge is 0.319 e. The Morgan fingerprint density at radius 1 is 0.857 bits per heavy atom. The van der Waals surface area contributed by atoms with Crippen LogP contribution in [-0.4, -0.2) is 24.8 Å². The first kappa shape index (κ1) is 18.9. The Bertz CT molecular complexity index is 1010. The standard InChI is InChI=1S/C15H11BrN8O4/c16-9-1-6-12(17-7-9)20-14-13(24(27)28)15(19-8-18-14)22-21-10-2-4-11(5-3-10)23(25)26/h1-8,21H,(H2,17,18,19,20,22). The monoisotopic (exact) mass is 446 g/mol. The summed E-state index contributed by atoms with van der Waals surface area (Å²) in [5.74, 6) is 0.208. The van der Waals surface area contributed by atoms with E-state index < -0.39 is 15.5 Å². The molecule has 0 aliphatic rings. The second-order valence-electron chi connectivity index (χ2n) is 5.22. The molecule has 2 heterocycles. The number of aromatic nitrogens is 3. The highest BCUT2D eigenvalue weighted by Crippen LogP contribution is 2.31. The normalized spacial score (nSPS) is 10.2. The molecule has 142 valence electrons. The quantitative estimate of drug-likeness (QED) is 0.360. The van der Waals surface area contributed by atoms with Crippen molar-refractivity contribution in [3.05, 3.63) is 73.6 Å². The van der Waals surface area contributed by atoms with E-state index in [1.165, 1.54) is 30.5 Å². The van der Waals surface area contributed by atoms with Gasteiger partial charge in [0.2, 0.25) is 11.6 Å². The summed E-state index contributed by atoms with van der Waals surface area (Å²) in [7, 11) is 0. The molecule has 0 spiro atoms. The Morgan fingerprint density at radius 2 is 1.57 bits per heavy atom. The van der Waals surface area contributed by atoms with E-state index >= 15 is 0 Å². The van der Waals surface area contributed by atoms with E-state index in [0.717, 1.165) is 10.8 Å². The number of pyridine rings is 1. The fourth-order valence-electron chi connectivity index (χ4n) is 2.10. The minimum Gasteiger partial charge on any atom is -0.319 e. The van der Waals surface area contributed by atoms with Gasteiger partial charge in [0.25, 0.3) is 5.69 Å². The molecule has 0 amide bonds. The van der Waals surface area contributed by atoms with Crippen LogP contribution in [0.25, 0.3) is 0 Å². The van der Waals surface area contributed by atoms with Crippen LogP contribution in [0, 0.1) is 20.2 Å². The third-order valence-electron chi connectivity index (χ3n) is 3.38. The average Bonchev–Trinajstić information content (AvgIpc) is 2.68. The molecule has 2 aromatic heterocycles.